The predicted molar refractivity (Wildman–Crippen MR) is 65.9 cm³/mol. The SMILES string of the molecule is N=C(N)c1cc(C(=O)O)cc(N2CCCC2)c1. The third-order valence-corrected chi connectivity index (χ3v) is 2.95. The van der Waals surface area contributed by atoms with E-state index in [0.29, 0.717) is 5.56 Å². The maximum absolute atomic E-state index is 11.0. The lowest BCUT2D eigenvalue weighted by molar-refractivity contribution is 0.0697. The lowest BCUT2D eigenvalue weighted by atomic mass is 10.1. The Morgan fingerprint density at radius 1 is 1.24 bits per heavy atom. The van der Waals surface area contributed by atoms with E-state index in [1.165, 1.54) is 6.07 Å². The molecule has 5 nitrogen and oxygen atoms in total. The molecular formula is C12H15N3O2. The van der Waals surface area contributed by atoms with E-state index in [0.717, 1.165) is 31.6 Å². The molecule has 90 valence electrons. The number of aromatic carboxylic acids is 1. The van der Waals surface area contributed by atoms with Gasteiger partial charge in [-0.05, 0) is 31.0 Å². The van der Waals surface area contributed by atoms with Crippen molar-refractivity contribution in [3.63, 3.8) is 0 Å². The van der Waals surface area contributed by atoms with Crippen molar-refractivity contribution in [2.45, 2.75) is 12.8 Å². The molecule has 0 saturated carbocycles. The molecule has 0 radical (unpaired) electrons. The van der Waals surface area contributed by atoms with Crippen LogP contribution in [0.3, 0.4) is 0 Å². The van der Waals surface area contributed by atoms with Crippen molar-refractivity contribution in [1.82, 2.24) is 0 Å². The van der Waals surface area contributed by atoms with Crippen LogP contribution in [0, 0.1) is 5.41 Å². The fraction of sp³-hybridized carbons (Fsp3) is 0.333. The van der Waals surface area contributed by atoms with E-state index in [1.807, 2.05) is 0 Å². The minimum absolute atomic E-state index is 0.103. The van der Waals surface area contributed by atoms with Gasteiger partial charge in [-0.3, -0.25) is 5.41 Å². The first kappa shape index (κ1) is 11.4. The van der Waals surface area contributed by atoms with Crippen molar-refractivity contribution in [3.05, 3.63) is 29.3 Å². The highest BCUT2D eigenvalue weighted by molar-refractivity contribution is 5.99. The second-order valence-corrected chi connectivity index (χ2v) is 4.18. The third-order valence-electron chi connectivity index (χ3n) is 2.95. The number of amidine groups is 1. The molecule has 17 heavy (non-hydrogen) atoms. The number of carboxylic acid groups (broad SMARTS) is 1. The number of benzene rings is 1. The lowest BCUT2D eigenvalue weighted by Gasteiger charge is -2.19. The minimum atomic E-state index is -0.992. The van der Waals surface area contributed by atoms with Crippen LogP contribution in [0.5, 0.6) is 0 Å². The molecule has 1 aliphatic heterocycles. The largest absolute Gasteiger partial charge is 0.478 e. The second-order valence-electron chi connectivity index (χ2n) is 4.18. The first-order chi connectivity index (χ1) is 8.08. The monoisotopic (exact) mass is 233 g/mol. The van der Waals surface area contributed by atoms with Crippen molar-refractivity contribution >= 4 is 17.5 Å². The number of nitrogen functional groups attached to an aromatic ring is 1. The Bertz CT molecular complexity index is 433. The van der Waals surface area contributed by atoms with Gasteiger partial charge in [0.2, 0.25) is 0 Å². The number of hydrogen-bond donors (Lipinski definition) is 3. The van der Waals surface area contributed by atoms with Crippen molar-refractivity contribution in [2.24, 2.45) is 5.73 Å². The van der Waals surface area contributed by atoms with Crippen molar-refractivity contribution in [2.75, 3.05) is 18.0 Å². The topological polar surface area (TPSA) is 90.4 Å². The molecular weight excluding hydrogens is 218 g/mol. The minimum Gasteiger partial charge on any atom is -0.478 e. The molecule has 4 N–H and O–H groups in total. The molecule has 5 heteroatoms. The summed E-state index contributed by atoms with van der Waals surface area (Å²) >= 11 is 0. The zero-order valence-corrected chi connectivity index (χ0v) is 9.44. The summed E-state index contributed by atoms with van der Waals surface area (Å²) in [6.07, 6.45) is 2.24. The van der Waals surface area contributed by atoms with Crippen molar-refractivity contribution in [3.8, 4) is 0 Å². The Morgan fingerprint density at radius 2 is 1.82 bits per heavy atom. The normalized spacial score (nSPS) is 14.9. The second kappa shape index (κ2) is 4.45. The molecule has 2 rings (SSSR count). The number of carboxylic acids is 1. The average molecular weight is 233 g/mol. The van der Waals surface area contributed by atoms with E-state index < -0.39 is 5.97 Å². The molecule has 0 spiro atoms. The van der Waals surface area contributed by atoms with Gasteiger partial charge in [0, 0.05) is 24.3 Å². The Kier molecular flexibility index (Phi) is 2.99. The summed E-state index contributed by atoms with van der Waals surface area (Å²) in [5.41, 5.74) is 6.91. The maximum Gasteiger partial charge on any atom is 0.335 e. The number of rotatable bonds is 3. The van der Waals surface area contributed by atoms with E-state index in [2.05, 4.69) is 4.90 Å². The number of nitrogens with two attached hydrogens (primary N) is 1. The van der Waals surface area contributed by atoms with Crippen LogP contribution in [0.15, 0.2) is 18.2 Å². The van der Waals surface area contributed by atoms with E-state index in [1.54, 1.807) is 12.1 Å². The third kappa shape index (κ3) is 2.38. The Labute approximate surface area is 99.4 Å². The highest BCUT2D eigenvalue weighted by Crippen LogP contribution is 2.23. The lowest BCUT2D eigenvalue weighted by Crippen LogP contribution is -2.20. The molecule has 1 aliphatic rings. The molecule has 0 unspecified atom stereocenters. The van der Waals surface area contributed by atoms with Crippen LogP contribution in [0.2, 0.25) is 0 Å². The number of nitrogens with zero attached hydrogens (tertiary/aromatic N) is 1. The average Bonchev–Trinajstić information content (AvgIpc) is 2.81. The summed E-state index contributed by atoms with van der Waals surface area (Å²) in [5, 5.41) is 16.4. The predicted octanol–water partition coefficient (Wildman–Crippen LogP) is 1.27. The van der Waals surface area contributed by atoms with Crippen LogP contribution >= 0.6 is 0 Å². The van der Waals surface area contributed by atoms with Crippen molar-refractivity contribution < 1.29 is 9.90 Å². The quantitative estimate of drug-likeness (QED) is 0.541. The summed E-state index contributed by atoms with van der Waals surface area (Å²) in [6.45, 7) is 1.86. The van der Waals surface area contributed by atoms with Gasteiger partial charge in [0.25, 0.3) is 0 Å². The van der Waals surface area contributed by atoms with Gasteiger partial charge < -0.3 is 15.7 Å². The first-order valence-electron chi connectivity index (χ1n) is 5.55. The van der Waals surface area contributed by atoms with Crippen LogP contribution in [-0.2, 0) is 0 Å². The van der Waals surface area contributed by atoms with Crippen molar-refractivity contribution in [1.29, 1.82) is 5.41 Å². The molecule has 1 aromatic rings. The van der Waals surface area contributed by atoms with Gasteiger partial charge in [0.15, 0.2) is 0 Å². The standard InChI is InChI=1S/C12H15N3O2/c13-11(14)8-5-9(12(16)17)7-10(6-8)15-3-1-2-4-15/h5-7H,1-4H2,(H3,13,14)(H,16,17). The molecule has 1 saturated heterocycles. The fourth-order valence-electron chi connectivity index (χ4n) is 2.05. The van der Waals surface area contributed by atoms with E-state index in [-0.39, 0.29) is 11.4 Å². The summed E-state index contributed by atoms with van der Waals surface area (Å²) in [7, 11) is 0. The van der Waals surface area contributed by atoms with Gasteiger partial charge in [0.1, 0.15) is 5.84 Å². The summed E-state index contributed by atoms with van der Waals surface area (Å²) in [6, 6.07) is 4.85. The van der Waals surface area contributed by atoms with Gasteiger partial charge in [0.05, 0.1) is 5.56 Å². The summed E-state index contributed by atoms with van der Waals surface area (Å²) < 4.78 is 0. The molecule has 0 aliphatic carbocycles. The number of hydrogen-bond acceptors (Lipinski definition) is 3. The zero-order chi connectivity index (χ0) is 12.4. The molecule has 0 amide bonds. The van der Waals surface area contributed by atoms with Crippen LogP contribution in [0.25, 0.3) is 0 Å². The number of carbonyl (C=O) groups is 1. The van der Waals surface area contributed by atoms with Gasteiger partial charge in [-0.2, -0.15) is 0 Å². The first-order valence-corrected chi connectivity index (χ1v) is 5.55. The van der Waals surface area contributed by atoms with E-state index in [9.17, 15) is 4.79 Å². The van der Waals surface area contributed by atoms with E-state index in [4.69, 9.17) is 16.2 Å². The Hall–Kier alpha value is -2.04. The van der Waals surface area contributed by atoms with Gasteiger partial charge in [-0.25, -0.2) is 4.79 Å². The van der Waals surface area contributed by atoms with Gasteiger partial charge in [-0.15, -0.1) is 0 Å². The van der Waals surface area contributed by atoms with Gasteiger partial charge in [-0.1, -0.05) is 0 Å². The van der Waals surface area contributed by atoms with Crippen LogP contribution in [0.1, 0.15) is 28.8 Å². The fourth-order valence-corrected chi connectivity index (χ4v) is 2.05. The van der Waals surface area contributed by atoms with Gasteiger partial charge >= 0.3 is 5.97 Å². The smallest absolute Gasteiger partial charge is 0.335 e. The van der Waals surface area contributed by atoms with Crippen LogP contribution < -0.4 is 10.6 Å². The Morgan fingerprint density at radius 3 is 2.35 bits per heavy atom. The zero-order valence-electron chi connectivity index (χ0n) is 9.44. The highest BCUT2D eigenvalue weighted by Gasteiger charge is 2.16. The number of nitrogens with one attached hydrogen (secondary N) is 1. The summed E-state index contributed by atoms with van der Waals surface area (Å²) in [5.74, 6) is -1.10. The number of anilines is 1. The Balaban J connectivity index is 2.43. The van der Waals surface area contributed by atoms with E-state index >= 15 is 0 Å². The molecule has 0 bridgehead atoms. The van der Waals surface area contributed by atoms with Crippen LogP contribution in [0.4, 0.5) is 5.69 Å². The summed E-state index contributed by atoms with van der Waals surface area (Å²) in [4.78, 5) is 13.1. The molecule has 1 aromatic carbocycles. The molecule has 0 aromatic heterocycles. The maximum atomic E-state index is 11.0. The highest BCUT2D eigenvalue weighted by atomic mass is 16.4. The van der Waals surface area contributed by atoms with Crippen LogP contribution in [-0.4, -0.2) is 30.0 Å². The molecule has 0 atom stereocenters. The molecule has 1 fully saturated rings. The molecule has 1 heterocycles.